The van der Waals surface area contributed by atoms with Crippen molar-refractivity contribution in [3.05, 3.63) is 77.7 Å². The van der Waals surface area contributed by atoms with Crippen molar-refractivity contribution >= 4 is 5.91 Å². The third kappa shape index (κ3) is 4.23. The van der Waals surface area contributed by atoms with Crippen LogP contribution in [0, 0.1) is 0 Å². The maximum atomic E-state index is 12.0. The predicted molar refractivity (Wildman–Crippen MR) is 83.8 cm³/mol. The highest BCUT2D eigenvalue weighted by Gasteiger charge is 2.12. The van der Waals surface area contributed by atoms with E-state index in [2.05, 4.69) is 20.4 Å². The molecule has 6 nitrogen and oxygen atoms in total. The molecule has 0 aliphatic carbocycles. The molecule has 2 heterocycles. The van der Waals surface area contributed by atoms with Gasteiger partial charge in [-0.15, -0.1) is 0 Å². The van der Waals surface area contributed by atoms with Crippen LogP contribution in [0.2, 0.25) is 0 Å². The summed E-state index contributed by atoms with van der Waals surface area (Å²) in [6, 6.07) is 13.3. The highest BCUT2D eigenvalue weighted by molar-refractivity contribution is 5.92. The summed E-state index contributed by atoms with van der Waals surface area (Å²) in [4.78, 5) is 20.2. The normalized spacial score (nSPS) is 10.4. The number of nitrogens with zero attached hydrogens (tertiary/aromatic N) is 3. The summed E-state index contributed by atoms with van der Waals surface area (Å²) in [7, 11) is 0. The summed E-state index contributed by atoms with van der Waals surface area (Å²) in [5, 5.41) is 6.60. The summed E-state index contributed by atoms with van der Waals surface area (Å²) >= 11 is 0. The summed E-state index contributed by atoms with van der Waals surface area (Å²) < 4.78 is 5.22. The van der Waals surface area contributed by atoms with Crippen LogP contribution in [-0.2, 0) is 12.8 Å². The molecular formula is C17H16N4O2. The van der Waals surface area contributed by atoms with Crippen molar-refractivity contribution in [2.75, 3.05) is 6.54 Å². The minimum Gasteiger partial charge on any atom is -0.360 e. The van der Waals surface area contributed by atoms with E-state index < -0.39 is 0 Å². The highest BCUT2D eigenvalue weighted by atomic mass is 16.5. The third-order valence-corrected chi connectivity index (χ3v) is 3.27. The molecule has 0 aliphatic heterocycles. The first-order chi connectivity index (χ1) is 11.3. The molecule has 0 aliphatic rings. The van der Waals surface area contributed by atoms with Gasteiger partial charge in [-0.25, -0.2) is 9.97 Å². The van der Waals surface area contributed by atoms with E-state index in [-0.39, 0.29) is 11.6 Å². The highest BCUT2D eigenvalue weighted by Crippen LogP contribution is 2.10. The molecule has 2 aromatic heterocycles. The SMILES string of the molecule is O=C(NCCc1ncccn1)c1cc(Cc2ccccc2)on1. The molecule has 0 saturated heterocycles. The molecule has 1 amide bonds. The Bertz CT molecular complexity index is 757. The van der Waals surface area contributed by atoms with Gasteiger partial charge >= 0.3 is 0 Å². The first-order valence-corrected chi connectivity index (χ1v) is 7.35. The van der Waals surface area contributed by atoms with Gasteiger partial charge in [0.2, 0.25) is 0 Å². The number of amides is 1. The lowest BCUT2D eigenvalue weighted by Gasteiger charge is -2.01. The summed E-state index contributed by atoms with van der Waals surface area (Å²) in [6.07, 6.45) is 4.54. The van der Waals surface area contributed by atoms with Gasteiger partial charge in [-0.1, -0.05) is 35.5 Å². The summed E-state index contributed by atoms with van der Waals surface area (Å²) in [6.45, 7) is 0.448. The molecule has 0 saturated carbocycles. The third-order valence-electron chi connectivity index (χ3n) is 3.27. The summed E-state index contributed by atoms with van der Waals surface area (Å²) in [5.74, 6) is 1.09. The van der Waals surface area contributed by atoms with Crippen molar-refractivity contribution in [3.63, 3.8) is 0 Å². The first kappa shape index (κ1) is 14.9. The van der Waals surface area contributed by atoms with Crippen LogP contribution in [0.3, 0.4) is 0 Å². The molecule has 6 heteroatoms. The van der Waals surface area contributed by atoms with Gasteiger partial charge in [0.15, 0.2) is 5.69 Å². The number of hydrogen-bond donors (Lipinski definition) is 1. The minimum atomic E-state index is -0.260. The molecule has 0 atom stereocenters. The van der Waals surface area contributed by atoms with Gasteiger partial charge in [0, 0.05) is 37.8 Å². The van der Waals surface area contributed by atoms with E-state index in [1.54, 1.807) is 24.5 Å². The smallest absolute Gasteiger partial charge is 0.273 e. The average molecular weight is 308 g/mol. The number of carbonyl (C=O) groups is 1. The van der Waals surface area contributed by atoms with E-state index in [0.29, 0.717) is 31.0 Å². The molecule has 116 valence electrons. The number of benzene rings is 1. The molecule has 3 rings (SSSR count). The Morgan fingerprint density at radius 2 is 1.87 bits per heavy atom. The van der Waals surface area contributed by atoms with Crippen molar-refractivity contribution in [1.29, 1.82) is 0 Å². The molecule has 0 unspecified atom stereocenters. The monoisotopic (exact) mass is 308 g/mol. The summed E-state index contributed by atoms with van der Waals surface area (Å²) in [5.41, 5.74) is 1.39. The minimum absolute atomic E-state index is 0.260. The van der Waals surface area contributed by atoms with E-state index in [4.69, 9.17) is 4.52 Å². The van der Waals surface area contributed by atoms with E-state index in [0.717, 1.165) is 5.56 Å². The van der Waals surface area contributed by atoms with Gasteiger partial charge in [0.05, 0.1) is 0 Å². The fourth-order valence-electron chi connectivity index (χ4n) is 2.14. The largest absolute Gasteiger partial charge is 0.360 e. The van der Waals surface area contributed by atoms with Crippen LogP contribution in [0.15, 0.2) is 59.4 Å². The van der Waals surface area contributed by atoms with Crippen LogP contribution in [0.5, 0.6) is 0 Å². The number of rotatable bonds is 6. The molecule has 0 bridgehead atoms. The lowest BCUT2D eigenvalue weighted by molar-refractivity contribution is 0.0945. The van der Waals surface area contributed by atoms with Crippen molar-refractivity contribution in [3.8, 4) is 0 Å². The number of carbonyl (C=O) groups excluding carboxylic acids is 1. The van der Waals surface area contributed by atoms with E-state index in [1.165, 1.54) is 0 Å². The first-order valence-electron chi connectivity index (χ1n) is 7.35. The van der Waals surface area contributed by atoms with E-state index in [9.17, 15) is 4.79 Å². The molecular weight excluding hydrogens is 292 g/mol. The van der Waals surface area contributed by atoms with Crippen LogP contribution in [0.1, 0.15) is 27.6 Å². The van der Waals surface area contributed by atoms with Gasteiger partial charge in [0.1, 0.15) is 11.6 Å². The van der Waals surface area contributed by atoms with Crippen LogP contribution in [0.25, 0.3) is 0 Å². The molecule has 23 heavy (non-hydrogen) atoms. The predicted octanol–water partition coefficient (Wildman–Crippen LogP) is 2.03. The lowest BCUT2D eigenvalue weighted by atomic mass is 10.1. The van der Waals surface area contributed by atoms with Gasteiger partial charge in [-0.05, 0) is 11.6 Å². The van der Waals surface area contributed by atoms with Crippen molar-refractivity contribution in [2.24, 2.45) is 0 Å². The van der Waals surface area contributed by atoms with Crippen molar-refractivity contribution < 1.29 is 9.32 Å². The number of nitrogens with one attached hydrogen (secondary N) is 1. The Labute approximate surface area is 133 Å². The fourth-order valence-corrected chi connectivity index (χ4v) is 2.14. The molecule has 0 radical (unpaired) electrons. The Morgan fingerprint density at radius 1 is 1.09 bits per heavy atom. The fraction of sp³-hybridized carbons (Fsp3) is 0.176. The molecule has 1 aromatic carbocycles. The standard InChI is InChI=1S/C17H16N4O2/c22-17(20-10-7-16-18-8-4-9-19-16)15-12-14(23-21-15)11-13-5-2-1-3-6-13/h1-6,8-9,12H,7,10-11H2,(H,20,22). The Kier molecular flexibility index (Phi) is 4.73. The molecule has 0 fully saturated rings. The molecule has 0 spiro atoms. The second-order valence-electron chi connectivity index (χ2n) is 5.01. The van der Waals surface area contributed by atoms with Crippen LogP contribution < -0.4 is 5.32 Å². The second-order valence-corrected chi connectivity index (χ2v) is 5.01. The zero-order chi connectivity index (χ0) is 15.9. The van der Waals surface area contributed by atoms with Gasteiger partial charge in [-0.2, -0.15) is 0 Å². The second kappa shape index (κ2) is 7.31. The maximum Gasteiger partial charge on any atom is 0.273 e. The van der Waals surface area contributed by atoms with E-state index in [1.807, 2.05) is 30.3 Å². The van der Waals surface area contributed by atoms with Crippen LogP contribution >= 0.6 is 0 Å². The zero-order valence-corrected chi connectivity index (χ0v) is 12.5. The number of aromatic nitrogens is 3. The maximum absolute atomic E-state index is 12.0. The van der Waals surface area contributed by atoms with E-state index >= 15 is 0 Å². The number of hydrogen-bond acceptors (Lipinski definition) is 5. The van der Waals surface area contributed by atoms with Crippen molar-refractivity contribution in [2.45, 2.75) is 12.8 Å². The van der Waals surface area contributed by atoms with Crippen LogP contribution in [0.4, 0.5) is 0 Å². The van der Waals surface area contributed by atoms with Crippen molar-refractivity contribution in [1.82, 2.24) is 20.4 Å². The average Bonchev–Trinajstić information content (AvgIpc) is 3.05. The quantitative estimate of drug-likeness (QED) is 0.753. The Balaban J connectivity index is 1.52. The van der Waals surface area contributed by atoms with Gasteiger partial charge < -0.3 is 9.84 Å². The molecule has 1 N–H and O–H groups in total. The Morgan fingerprint density at radius 3 is 2.65 bits per heavy atom. The molecule has 3 aromatic rings. The lowest BCUT2D eigenvalue weighted by Crippen LogP contribution is -2.26. The van der Waals surface area contributed by atoms with Gasteiger partial charge in [-0.3, -0.25) is 4.79 Å². The Hall–Kier alpha value is -3.02. The van der Waals surface area contributed by atoms with Gasteiger partial charge in [0.25, 0.3) is 5.91 Å². The van der Waals surface area contributed by atoms with Crippen LogP contribution in [-0.4, -0.2) is 27.6 Å². The zero-order valence-electron chi connectivity index (χ0n) is 12.5. The topological polar surface area (TPSA) is 80.9 Å².